The minimum absolute atomic E-state index is 0.109. The van der Waals surface area contributed by atoms with Gasteiger partial charge in [0.15, 0.2) is 0 Å². The molecule has 29 heavy (non-hydrogen) atoms. The summed E-state index contributed by atoms with van der Waals surface area (Å²) >= 11 is 1.22. The summed E-state index contributed by atoms with van der Waals surface area (Å²) < 4.78 is 5.77. The quantitative estimate of drug-likeness (QED) is 0.525. The molecule has 0 aliphatic heterocycles. The molecule has 0 saturated carbocycles. The van der Waals surface area contributed by atoms with E-state index < -0.39 is 5.25 Å². The van der Waals surface area contributed by atoms with E-state index in [9.17, 15) is 4.79 Å². The molecule has 7 heteroatoms. The van der Waals surface area contributed by atoms with Crippen molar-refractivity contribution < 1.29 is 9.21 Å². The summed E-state index contributed by atoms with van der Waals surface area (Å²) in [7, 11) is 0. The molecular weight excluding hydrogens is 384 g/mol. The highest BCUT2D eigenvalue weighted by molar-refractivity contribution is 8.00. The van der Waals surface area contributed by atoms with Crippen LogP contribution in [0.1, 0.15) is 24.5 Å². The number of thioether (sulfide) groups is 1. The van der Waals surface area contributed by atoms with Crippen LogP contribution in [-0.2, 0) is 4.79 Å². The molecule has 1 atom stereocenters. The first kappa shape index (κ1) is 20.6. The fourth-order valence-electron chi connectivity index (χ4n) is 2.81. The van der Waals surface area contributed by atoms with Gasteiger partial charge in [0.25, 0.3) is 5.22 Å². The van der Waals surface area contributed by atoms with Crippen LogP contribution in [0.25, 0.3) is 11.5 Å². The second-order valence-electron chi connectivity index (χ2n) is 6.67. The standard InChI is InChI=1S/C22H22N4O2S/c1-15-10-11-18(14-16(15)2)20-24-25-22(28-20)29-17(3)21(27)26(13-7-12-23)19-8-5-4-6-9-19/h4-6,8-11,14,17H,7,13H2,1-3H3. The van der Waals surface area contributed by atoms with Gasteiger partial charge in [0, 0.05) is 17.8 Å². The first-order chi connectivity index (χ1) is 14.0. The van der Waals surface area contributed by atoms with Gasteiger partial charge in [-0.3, -0.25) is 4.79 Å². The lowest BCUT2D eigenvalue weighted by atomic mass is 10.1. The van der Waals surface area contributed by atoms with Crippen LogP contribution in [0.2, 0.25) is 0 Å². The summed E-state index contributed by atoms with van der Waals surface area (Å²) in [5.74, 6) is 0.321. The molecule has 3 rings (SSSR count). The van der Waals surface area contributed by atoms with E-state index >= 15 is 0 Å². The third-order valence-electron chi connectivity index (χ3n) is 4.57. The molecule has 1 unspecified atom stereocenters. The third kappa shape index (κ3) is 5.04. The second-order valence-corrected chi connectivity index (χ2v) is 7.96. The Morgan fingerprint density at radius 3 is 2.62 bits per heavy atom. The molecule has 0 spiro atoms. The van der Waals surface area contributed by atoms with Gasteiger partial charge in [-0.25, -0.2) is 0 Å². The molecule has 0 aliphatic carbocycles. The third-order valence-corrected chi connectivity index (χ3v) is 5.49. The largest absolute Gasteiger partial charge is 0.411 e. The van der Waals surface area contributed by atoms with Gasteiger partial charge in [-0.2, -0.15) is 5.26 Å². The van der Waals surface area contributed by atoms with E-state index in [0.29, 0.717) is 17.7 Å². The van der Waals surface area contributed by atoms with Crippen molar-refractivity contribution in [1.29, 1.82) is 5.26 Å². The number of benzene rings is 2. The van der Waals surface area contributed by atoms with Crippen LogP contribution < -0.4 is 4.90 Å². The fourth-order valence-corrected chi connectivity index (χ4v) is 3.55. The number of carbonyl (C=O) groups excluding carboxylic acids is 1. The minimum Gasteiger partial charge on any atom is -0.411 e. The van der Waals surface area contributed by atoms with Gasteiger partial charge in [-0.05, 0) is 56.2 Å². The molecule has 0 N–H and O–H groups in total. The average molecular weight is 407 g/mol. The van der Waals surface area contributed by atoms with E-state index in [0.717, 1.165) is 16.8 Å². The first-order valence-electron chi connectivity index (χ1n) is 9.30. The van der Waals surface area contributed by atoms with Gasteiger partial charge in [0.05, 0.1) is 17.7 Å². The Morgan fingerprint density at radius 2 is 1.93 bits per heavy atom. The maximum atomic E-state index is 13.0. The summed E-state index contributed by atoms with van der Waals surface area (Å²) in [5.41, 5.74) is 3.96. The molecule has 6 nitrogen and oxygen atoms in total. The summed E-state index contributed by atoms with van der Waals surface area (Å²) in [5, 5.41) is 17.0. The van der Waals surface area contributed by atoms with Crippen molar-refractivity contribution in [2.24, 2.45) is 0 Å². The lowest BCUT2D eigenvalue weighted by Gasteiger charge is -2.24. The Kier molecular flexibility index (Phi) is 6.68. The van der Waals surface area contributed by atoms with E-state index in [-0.39, 0.29) is 12.3 Å². The number of para-hydroxylation sites is 1. The second kappa shape index (κ2) is 9.39. The molecule has 0 saturated heterocycles. The van der Waals surface area contributed by atoms with Crippen LogP contribution in [0.15, 0.2) is 58.2 Å². The smallest absolute Gasteiger partial charge is 0.277 e. The number of nitrogens with zero attached hydrogens (tertiary/aromatic N) is 4. The summed E-state index contributed by atoms with van der Waals surface area (Å²) in [6.45, 7) is 6.22. The molecule has 0 aliphatic rings. The van der Waals surface area contributed by atoms with Gasteiger partial charge in [0.2, 0.25) is 11.8 Å². The Balaban J connectivity index is 1.74. The molecule has 0 bridgehead atoms. The highest BCUT2D eigenvalue weighted by Crippen LogP contribution is 2.29. The predicted molar refractivity (Wildman–Crippen MR) is 114 cm³/mol. The lowest BCUT2D eigenvalue weighted by Crippen LogP contribution is -2.37. The van der Waals surface area contributed by atoms with Gasteiger partial charge >= 0.3 is 0 Å². The molecule has 148 valence electrons. The predicted octanol–water partition coefficient (Wildman–Crippen LogP) is 4.78. The minimum atomic E-state index is -0.443. The van der Waals surface area contributed by atoms with Crippen LogP contribution in [0.5, 0.6) is 0 Å². The van der Waals surface area contributed by atoms with Crippen LogP contribution >= 0.6 is 11.8 Å². The van der Waals surface area contributed by atoms with Crippen LogP contribution in [-0.4, -0.2) is 27.9 Å². The molecule has 0 fully saturated rings. The van der Waals surface area contributed by atoms with Crippen molar-refractivity contribution in [3.8, 4) is 17.5 Å². The van der Waals surface area contributed by atoms with Crippen molar-refractivity contribution in [1.82, 2.24) is 10.2 Å². The molecule has 0 radical (unpaired) electrons. The number of amides is 1. The Bertz CT molecular complexity index is 1030. The zero-order valence-corrected chi connectivity index (χ0v) is 17.4. The monoisotopic (exact) mass is 406 g/mol. The van der Waals surface area contributed by atoms with Crippen molar-refractivity contribution in [3.63, 3.8) is 0 Å². The van der Waals surface area contributed by atoms with Crippen LogP contribution in [0.4, 0.5) is 5.69 Å². The van der Waals surface area contributed by atoms with E-state index in [1.165, 1.54) is 17.3 Å². The maximum Gasteiger partial charge on any atom is 0.277 e. The van der Waals surface area contributed by atoms with E-state index in [1.807, 2.05) is 62.4 Å². The number of carbonyl (C=O) groups is 1. The molecule has 1 aromatic heterocycles. The van der Waals surface area contributed by atoms with Gasteiger partial charge in [-0.1, -0.05) is 36.0 Å². The zero-order valence-electron chi connectivity index (χ0n) is 16.6. The Labute approximate surface area is 174 Å². The normalized spacial score (nSPS) is 11.7. The van der Waals surface area contributed by atoms with E-state index in [2.05, 4.69) is 16.3 Å². The number of hydrogen-bond donors (Lipinski definition) is 0. The van der Waals surface area contributed by atoms with Crippen LogP contribution in [0.3, 0.4) is 0 Å². The average Bonchev–Trinajstić information content (AvgIpc) is 3.19. The van der Waals surface area contributed by atoms with Crippen molar-refractivity contribution in [2.45, 2.75) is 37.7 Å². The molecule has 3 aromatic rings. The van der Waals surface area contributed by atoms with E-state index in [1.54, 1.807) is 11.8 Å². The summed E-state index contributed by atoms with van der Waals surface area (Å²) in [4.78, 5) is 14.6. The number of aromatic nitrogens is 2. The molecule has 2 aromatic carbocycles. The number of rotatable bonds is 7. The topological polar surface area (TPSA) is 83.0 Å². The number of anilines is 1. The Morgan fingerprint density at radius 1 is 1.17 bits per heavy atom. The van der Waals surface area contributed by atoms with E-state index in [4.69, 9.17) is 9.68 Å². The molecule has 1 heterocycles. The van der Waals surface area contributed by atoms with Crippen molar-refractivity contribution in [2.75, 3.05) is 11.4 Å². The highest BCUT2D eigenvalue weighted by Gasteiger charge is 2.25. The van der Waals surface area contributed by atoms with Crippen molar-refractivity contribution >= 4 is 23.4 Å². The van der Waals surface area contributed by atoms with Gasteiger partial charge in [-0.15, -0.1) is 10.2 Å². The first-order valence-corrected chi connectivity index (χ1v) is 10.2. The number of hydrogen-bond acceptors (Lipinski definition) is 6. The van der Waals surface area contributed by atoms with Gasteiger partial charge < -0.3 is 9.32 Å². The number of aryl methyl sites for hydroxylation is 2. The maximum absolute atomic E-state index is 13.0. The van der Waals surface area contributed by atoms with Crippen molar-refractivity contribution in [3.05, 3.63) is 59.7 Å². The zero-order chi connectivity index (χ0) is 20.8. The molecule has 1 amide bonds. The number of nitriles is 1. The fraction of sp³-hybridized carbons (Fsp3) is 0.273. The van der Waals surface area contributed by atoms with Crippen LogP contribution in [0, 0.1) is 25.2 Å². The summed E-state index contributed by atoms with van der Waals surface area (Å²) in [6.07, 6.45) is 0.259. The highest BCUT2D eigenvalue weighted by atomic mass is 32.2. The summed E-state index contributed by atoms with van der Waals surface area (Å²) in [6, 6.07) is 17.4. The van der Waals surface area contributed by atoms with Gasteiger partial charge in [0.1, 0.15) is 0 Å². The molecular formula is C22H22N4O2S. The lowest BCUT2D eigenvalue weighted by molar-refractivity contribution is -0.117. The SMILES string of the molecule is Cc1ccc(-c2nnc(SC(C)C(=O)N(CCC#N)c3ccccc3)o2)cc1C. The Hall–Kier alpha value is -3.11.